The minimum absolute atomic E-state index is 0.000987. The minimum atomic E-state index is -0.0983. The van der Waals surface area contributed by atoms with Crippen molar-refractivity contribution >= 4 is 0 Å². The quantitative estimate of drug-likeness (QED) is 0.0843. The Bertz CT molecular complexity index is 1060. The predicted molar refractivity (Wildman–Crippen MR) is 162 cm³/mol. The number of fused-ring (bicyclic) bond motifs is 5. The fourth-order valence-corrected chi connectivity index (χ4v) is 9.39. The van der Waals surface area contributed by atoms with Gasteiger partial charge in [-0.05, 0) is 109 Å². The van der Waals surface area contributed by atoms with Crippen LogP contribution in [0.2, 0.25) is 0 Å². The maximum absolute atomic E-state index is 9.57. The topological polar surface area (TPSA) is 194 Å². The Morgan fingerprint density at radius 1 is 0.884 bits per heavy atom. The Morgan fingerprint density at radius 3 is 2.19 bits per heavy atom. The van der Waals surface area contributed by atoms with E-state index < -0.39 is 0 Å². The fraction of sp³-hybridized carbons (Fsp3) is 0.933. The molecule has 0 saturated heterocycles. The third kappa shape index (κ3) is 7.20. The molecule has 0 aromatic rings. The molecule has 0 bridgehead atoms. The molecular formula is C30H49N9O4. The lowest BCUT2D eigenvalue weighted by molar-refractivity contribution is -0.151. The molecule has 4 aliphatic carbocycles. The number of azide groups is 3. The minimum Gasteiger partial charge on any atom is -0.396 e. The van der Waals surface area contributed by atoms with Crippen LogP contribution in [-0.2, 0) is 14.2 Å². The second-order valence-electron chi connectivity index (χ2n) is 13.3. The standard InChI is InChI=1S/C30H49N9O4/c1-20(5-4-13-40)23-6-7-24-28-25(19-27(30(23,24)3)43-16-12-36-39-33)29(2)9-8-22(41-14-10-34-37-31)17-21(29)18-26(28)42-15-11-35-38-32/h20,22-27,40H,4-19H2,1-3H3. The van der Waals surface area contributed by atoms with Crippen LogP contribution in [0.3, 0.4) is 0 Å². The van der Waals surface area contributed by atoms with E-state index in [-0.39, 0.29) is 35.7 Å². The summed E-state index contributed by atoms with van der Waals surface area (Å²) < 4.78 is 19.5. The van der Waals surface area contributed by atoms with E-state index in [1.807, 2.05) is 0 Å². The van der Waals surface area contributed by atoms with Gasteiger partial charge in [0.25, 0.3) is 0 Å². The van der Waals surface area contributed by atoms with Gasteiger partial charge in [-0.15, -0.1) is 0 Å². The molecule has 238 valence electrons. The van der Waals surface area contributed by atoms with E-state index in [0.29, 0.717) is 63.1 Å². The number of ether oxygens (including phenoxy) is 3. The molecule has 13 nitrogen and oxygen atoms in total. The van der Waals surface area contributed by atoms with E-state index in [9.17, 15) is 5.11 Å². The van der Waals surface area contributed by atoms with Crippen molar-refractivity contribution < 1.29 is 19.3 Å². The third-order valence-electron chi connectivity index (χ3n) is 11.4. The first-order chi connectivity index (χ1) is 20.8. The molecule has 0 amide bonds. The molecule has 4 rings (SSSR count). The lowest BCUT2D eigenvalue weighted by Crippen LogP contribution is -2.62. The highest BCUT2D eigenvalue weighted by atomic mass is 16.5. The van der Waals surface area contributed by atoms with Gasteiger partial charge in [0.15, 0.2) is 0 Å². The van der Waals surface area contributed by atoms with Crippen LogP contribution in [0, 0.1) is 46.3 Å². The number of aliphatic hydroxyl groups is 1. The molecule has 9 unspecified atom stereocenters. The summed E-state index contributed by atoms with van der Waals surface area (Å²) in [6, 6.07) is 0. The summed E-state index contributed by atoms with van der Waals surface area (Å²) in [5, 5.41) is 20.7. The van der Waals surface area contributed by atoms with Gasteiger partial charge in [-0.25, -0.2) is 0 Å². The number of hydrogen-bond donors (Lipinski definition) is 1. The number of hydrogen-bond acceptors (Lipinski definition) is 7. The molecule has 0 aromatic heterocycles. The van der Waals surface area contributed by atoms with Crippen molar-refractivity contribution in [3.8, 4) is 0 Å². The maximum Gasteiger partial charge on any atom is 0.0649 e. The van der Waals surface area contributed by atoms with Crippen LogP contribution >= 0.6 is 0 Å². The molecule has 0 aliphatic heterocycles. The van der Waals surface area contributed by atoms with Crippen molar-refractivity contribution in [2.75, 3.05) is 46.1 Å². The highest BCUT2D eigenvalue weighted by Gasteiger charge is 2.67. The van der Waals surface area contributed by atoms with Crippen LogP contribution in [0.15, 0.2) is 15.3 Å². The van der Waals surface area contributed by atoms with Crippen molar-refractivity contribution in [2.24, 2.45) is 49.8 Å². The molecule has 13 heteroatoms. The fourth-order valence-electron chi connectivity index (χ4n) is 9.39. The molecule has 43 heavy (non-hydrogen) atoms. The molecule has 0 heterocycles. The molecule has 0 spiro atoms. The summed E-state index contributed by atoms with van der Waals surface area (Å²) in [6.45, 7) is 9.52. The van der Waals surface area contributed by atoms with Gasteiger partial charge in [0, 0.05) is 52.3 Å². The number of aliphatic hydroxyl groups excluding tert-OH is 1. The zero-order valence-corrected chi connectivity index (χ0v) is 26.1. The SMILES string of the molecule is CC(CCCO)C1CCC2[C]3C(OCCN=[N+]=[N-])C[C]4CC(OCCN=[N+]=[N-])CCC4(C)C3CC(OCCN=[N+]=[N-])C21C. The van der Waals surface area contributed by atoms with Gasteiger partial charge in [-0.3, -0.25) is 0 Å². The van der Waals surface area contributed by atoms with Crippen LogP contribution in [0.25, 0.3) is 31.3 Å². The summed E-state index contributed by atoms with van der Waals surface area (Å²) >= 11 is 0. The first kappa shape index (κ1) is 33.7. The maximum atomic E-state index is 9.57. The normalized spacial score (nSPS) is 36.3. The van der Waals surface area contributed by atoms with E-state index in [1.165, 1.54) is 11.8 Å². The smallest absolute Gasteiger partial charge is 0.0649 e. The van der Waals surface area contributed by atoms with E-state index in [2.05, 4.69) is 50.8 Å². The van der Waals surface area contributed by atoms with E-state index >= 15 is 0 Å². The molecule has 4 fully saturated rings. The van der Waals surface area contributed by atoms with Gasteiger partial charge in [0.05, 0.1) is 38.1 Å². The average molecular weight is 600 g/mol. The van der Waals surface area contributed by atoms with E-state index in [0.717, 1.165) is 57.8 Å². The zero-order chi connectivity index (χ0) is 30.9. The van der Waals surface area contributed by atoms with Gasteiger partial charge in [0.2, 0.25) is 0 Å². The van der Waals surface area contributed by atoms with Crippen molar-refractivity contribution in [1.82, 2.24) is 0 Å². The number of rotatable bonds is 16. The number of nitrogens with zero attached hydrogens (tertiary/aromatic N) is 9. The van der Waals surface area contributed by atoms with Gasteiger partial charge < -0.3 is 19.3 Å². The average Bonchev–Trinajstić information content (AvgIpc) is 3.37. The van der Waals surface area contributed by atoms with Gasteiger partial charge >= 0.3 is 0 Å². The molecule has 1 N–H and O–H groups in total. The van der Waals surface area contributed by atoms with E-state index in [4.69, 9.17) is 30.8 Å². The van der Waals surface area contributed by atoms with Crippen molar-refractivity contribution in [3.63, 3.8) is 0 Å². The van der Waals surface area contributed by atoms with Crippen molar-refractivity contribution in [1.29, 1.82) is 0 Å². The second-order valence-corrected chi connectivity index (χ2v) is 13.3. The van der Waals surface area contributed by atoms with Crippen LogP contribution in [0.4, 0.5) is 0 Å². The van der Waals surface area contributed by atoms with Gasteiger partial charge in [-0.1, -0.05) is 36.1 Å². The zero-order valence-electron chi connectivity index (χ0n) is 26.1. The highest BCUT2D eigenvalue weighted by Crippen LogP contribution is 2.70. The summed E-state index contributed by atoms with van der Waals surface area (Å²) in [5.74, 6) is 4.51. The van der Waals surface area contributed by atoms with Gasteiger partial charge in [-0.2, -0.15) is 0 Å². The molecule has 4 saturated carbocycles. The largest absolute Gasteiger partial charge is 0.396 e. The van der Waals surface area contributed by atoms with Gasteiger partial charge in [0.1, 0.15) is 0 Å². The van der Waals surface area contributed by atoms with Crippen LogP contribution in [-0.4, -0.2) is 69.5 Å². The molecular weight excluding hydrogens is 550 g/mol. The first-order valence-electron chi connectivity index (χ1n) is 16.0. The summed E-state index contributed by atoms with van der Waals surface area (Å²) in [5.41, 5.74) is 26.2. The molecule has 0 aromatic carbocycles. The summed E-state index contributed by atoms with van der Waals surface area (Å²) in [6.07, 6.45) is 8.59. The molecule has 4 aliphatic rings. The van der Waals surface area contributed by atoms with Crippen LogP contribution < -0.4 is 0 Å². The summed E-state index contributed by atoms with van der Waals surface area (Å²) in [7, 11) is 0. The summed E-state index contributed by atoms with van der Waals surface area (Å²) in [4.78, 5) is 8.69. The highest BCUT2D eigenvalue weighted by molar-refractivity contribution is 5.32. The van der Waals surface area contributed by atoms with Crippen molar-refractivity contribution in [2.45, 2.75) is 96.9 Å². The Hall–Kier alpha value is -2.23. The third-order valence-corrected chi connectivity index (χ3v) is 11.4. The first-order valence-corrected chi connectivity index (χ1v) is 16.0. The Kier molecular flexibility index (Phi) is 12.3. The monoisotopic (exact) mass is 599 g/mol. The lowest BCUT2D eigenvalue weighted by atomic mass is 9.43. The Balaban J connectivity index is 1.65. The Labute approximate surface area is 255 Å². The van der Waals surface area contributed by atoms with Crippen LogP contribution in [0.5, 0.6) is 0 Å². The van der Waals surface area contributed by atoms with E-state index in [1.54, 1.807) is 0 Å². The second kappa shape index (κ2) is 15.7. The van der Waals surface area contributed by atoms with Crippen LogP contribution in [0.1, 0.15) is 78.6 Å². The molecule has 2 radical (unpaired) electrons. The van der Waals surface area contributed by atoms with Crippen molar-refractivity contribution in [3.05, 3.63) is 43.2 Å². The molecule has 9 atom stereocenters. The Morgan fingerprint density at radius 2 is 1.53 bits per heavy atom. The lowest BCUT2D eigenvalue weighted by Gasteiger charge is -2.64. The predicted octanol–water partition coefficient (Wildman–Crippen LogP) is 7.28.